The van der Waals surface area contributed by atoms with Crippen LogP contribution in [0.1, 0.15) is 18.4 Å². The number of anilines is 1. The smallest absolute Gasteiger partial charge is 0.326 e. The summed E-state index contributed by atoms with van der Waals surface area (Å²) in [6.45, 7) is 0.284. The lowest BCUT2D eigenvalue weighted by atomic mass is 9.98. The van der Waals surface area contributed by atoms with Gasteiger partial charge in [-0.3, -0.25) is 4.79 Å². The van der Waals surface area contributed by atoms with Gasteiger partial charge >= 0.3 is 6.18 Å². The molecule has 5 nitrogen and oxygen atoms in total. The van der Waals surface area contributed by atoms with E-state index >= 15 is 0 Å². The average Bonchev–Trinajstić information content (AvgIpc) is 2.68. The number of sulfonamides is 1. The molecule has 2 aromatic carbocycles. The van der Waals surface area contributed by atoms with Crippen molar-refractivity contribution in [3.8, 4) is 0 Å². The maximum atomic E-state index is 12.8. The molecule has 1 aliphatic rings. The second-order valence-electron chi connectivity index (χ2n) is 6.58. The summed E-state index contributed by atoms with van der Waals surface area (Å²) in [5, 5.41) is 2.48. The Bertz CT molecular complexity index is 946. The fraction of sp³-hybridized carbons (Fsp3) is 0.316. The Morgan fingerprint density at radius 3 is 2.46 bits per heavy atom. The van der Waals surface area contributed by atoms with E-state index in [-0.39, 0.29) is 17.1 Å². The summed E-state index contributed by atoms with van der Waals surface area (Å²) in [5.74, 6) is -1.13. The summed E-state index contributed by atoms with van der Waals surface area (Å²) < 4.78 is 65.2. The molecule has 1 atom stereocenters. The summed E-state index contributed by atoms with van der Waals surface area (Å²) in [5.41, 5.74) is -0.829. The Labute approximate surface area is 161 Å². The van der Waals surface area contributed by atoms with E-state index in [2.05, 4.69) is 5.32 Å². The van der Waals surface area contributed by atoms with Gasteiger partial charge in [-0.2, -0.15) is 17.5 Å². The fourth-order valence-electron chi connectivity index (χ4n) is 3.13. The molecule has 3 rings (SSSR count). The largest absolute Gasteiger partial charge is 0.416 e. The molecule has 1 saturated heterocycles. The number of hydrogen-bond acceptors (Lipinski definition) is 3. The lowest BCUT2D eigenvalue weighted by molar-refractivity contribution is -0.137. The third kappa shape index (κ3) is 4.53. The van der Waals surface area contributed by atoms with Gasteiger partial charge in [0, 0.05) is 18.8 Å². The highest BCUT2D eigenvalue weighted by molar-refractivity contribution is 7.89. The van der Waals surface area contributed by atoms with E-state index in [4.69, 9.17) is 0 Å². The van der Waals surface area contributed by atoms with Crippen molar-refractivity contribution in [3.63, 3.8) is 0 Å². The van der Waals surface area contributed by atoms with Crippen molar-refractivity contribution in [2.75, 3.05) is 18.4 Å². The molecule has 9 heteroatoms. The number of nitrogens with zero attached hydrogens (tertiary/aromatic N) is 1. The Hall–Kier alpha value is -2.39. The topological polar surface area (TPSA) is 66.5 Å². The van der Waals surface area contributed by atoms with E-state index < -0.39 is 33.6 Å². The van der Waals surface area contributed by atoms with Crippen molar-refractivity contribution >= 4 is 21.6 Å². The highest BCUT2D eigenvalue weighted by Crippen LogP contribution is 2.31. The summed E-state index contributed by atoms with van der Waals surface area (Å²) in [4.78, 5) is 12.7. The molecule has 0 saturated carbocycles. The standard InChI is InChI=1S/C19H19F3N2O3S/c20-19(21,22)15-7-4-8-16(12-15)23-18(25)14-6-5-11-24(13-14)28(26,27)17-9-2-1-3-10-17/h1-4,7-10,12,14H,5-6,11,13H2,(H,23,25). The van der Waals surface area contributed by atoms with Crippen LogP contribution in [0.3, 0.4) is 0 Å². The lowest BCUT2D eigenvalue weighted by Crippen LogP contribution is -2.43. The molecule has 0 radical (unpaired) electrons. The minimum absolute atomic E-state index is 0.0119. The van der Waals surface area contributed by atoms with E-state index in [1.807, 2.05) is 0 Å². The van der Waals surface area contributed by atoms with E-state index in [1.165, 1.54) is 28.6 Å². The van der Waals surface area contributed by atoms with E-state index in [0.29, 0.717) is 19.4 Å². The summed E-state index contributed by atoms with van der Waals surface area (Å²) in [6.07, 6.45) is -3.55. The molecule has 1 amide bonds. The van der Waals surface area contributed by atoms with Crippen LogP contribution in [0.4, 0.5) is 18.9 Å². The molecular formula is C19H19F3N2O3S. The summed E-state index contributed by atoms with van der Waals surface area (Å²) in [6, 6.07) is 12.3. The lowest BCUT2D eigenvalue weighted by Gasteiger charge is -2.31. The Balaban J connectivity index is 1.72. The van der Waals surface area contributed by atoms with E-state index in [1.54, 1.807) is 18.2 Å². The van der Waals surface area contributed by atoms with Crippen LogP contribution in [0, 0.1) is 5.92 Å². The molecule has 0 spiro atoms. The normalized spacial score (nSPS) is 18.6. The van der Waals surface area contributed by atoms with Crippen molar-refractivity contribution in [3.05, 3.63) is 60.2 Å². The number of carbonyl (C=O) groups excluding carboxylic acids is 1. The van der Waals surface area contributed by atoms with Gasteiger partial charge in [0.1, 0.15) is 0 Å². The number of alkyl halides is 3. The van der Waals surface area contributed by atoms with Gasteiger partial charge in [-0.15, -0.1) is 0 Å². The molecule has 0 bridgehead atoms. The molecule has 1 heterocycles. The van der Waals surface area contributed by atoms with Crippen LogP contribution in [0.15, 0.2) is 59.5 Å². The van der Waals surface area contributed by atoms with Crippen LogP contribution >= 0.6 is 0 Å². The predicted octanol–water partition coefficient (Wildman–Crippen LogP) is 3.74. The molecule has 1 aliphatic heterocycles. The first kappa shape index (κ1) is 20.3. The van der Waals surface area contributed by atoms with Crippen LogP contribution < -0.4 is 5.32 Å². The van der Waals surface area contributed by atoms with Crippen molar-refractivity contribution in [2.45, 2.75) is 23.9 Å². The number of benzene rings is 2. The van der Waals surface area contributed by atoms with Crippen molar-refractivity contribution in [2.24, 2.45) is 5.92 Å². The summed E-state index contributed by atoms with van der Waals surface area (Å²) in [7, 11) is -3.72. The Morgan fingerprint density at radius 2 is 1.79 bits per heavy atom. The zero-order chi connectivity index (χ0) is 20.4. The number of rotatable bonds is 4. The summed E-state index contributed by atoms with van der Waals surface area (Å²) >= 11 is 0. The SMILES string of the molecule is O=C(Nc1cccc(C(F)(F)F)c1)C1CCCN(S(=O)(=O)c2ccccc2)C1. The molecule has 0 aromatic heterocycles. The van der Waals surface area contributed by atoms with Gasteiger partial charge in [0.25, 0.3) is 0 Å². The minimum atomic E-state index is -4.51. The zero-order valence-corrected chi connectivity index (χ0v) is 15.6. The van der Waals surface area contributed by atoms with Gasteiger partial charge in [-0.25, -0.2) is 8.42 Å². The number of hydrogen-bond donors (Lipinski definition) is 1. The van der Waals surface area contributed by atoms with Crippen LogP contribution in [0.2, 0.25) is 0 Å². The van der Waals surface area contributed by atoms with Gasteiger partial charge in [0.2, 0.25) is 15.9 Å². The van der Waals surface area contributed by atoms with Crippen LogP contribution in [0.25, 0.3) is 0 Å². The van der Waals surface area contributed by atoms with Gasteiger partial charge in [0.05, 0.1) is 16.4 Å². The first-order valence-electron chi connectivity index (χ1n) is 8.71. The number of piperidine rings is 1. The first-order valence-corrected chi connectivity index (χ1v) is 10.2. The maximum Gasteiger partial charge on any atom is 0.416 e. The van der Waals surface area contributed by atoms with E-state index in [9.17, 15) is 26.4 Å². The molecule has 1 N–H and O–H groups in total. The van der Waals surface area contributed by atoms with Crippen molar-refractivity contribution < 1.29 is 26.4 Å². The van der Waals surface area contributed by atoms with Gasteiger partial charge in [0.15, 0.2) is 0 Å². The molecule has 150 valence electrons. The zero-order valence-electron chi connectivity index (χ0n) is 14.8. The Morgan fingerprint density at radius 1 is 1.07 bits per heavy atom. The maximum absolute atomic E-state index is 12.8. The first-order chi connectivity index (χ1) is 13.2. The number of halogens is 3. The Kier molecular flexibility index (Phi) is 5.76. The van der Waals surface area contributed by atoms with Gasteiger partial charge < -0.3 is 5.32 Å². The highest BCUT2D eigenvalue weighted by atomic mass is 32.2. The van der Waals surface area contributed by atoms with Gasteiger partial charge in [-0.1, -0.05) is 24.3 Å². The third-order valence-corrected chi connectivity index (χ3v) is 6.47. The third-order valence-electron chi connectivity index (χ3n) is 4.59. The second-order valence-corrected chi connectivity index (χ2v) is 8.52. The van der Waals surface area contributed by atoms with Crippen molar-refractivity contribution in [1.29, 1.82) is 0 Å². The highest BCUT2D eigenvalue weighted by Gasteiger charge is 2.34. The molecule has 28 heavy (non-hydrogen) atoms. The van der Waals surface area contributed by atoms with Crippen LogP contribution in [0.5, 0.6) is 0 Å². The second kappa shape index (κ2) is 7.92. The van der Waals surface area contributed by atoms with Crippen LogP contribution in [-0.4, -0.2) is 31.7 Å². The van der Waals surface area contributed by atoms with E-state index in [0.717, 1.165) is 12.1 Å². The monoisotopic (exact) mass is 412 g/mol. The molecule has 0 aliphatic carbocycles. The molecule has 2 aromatic rings. The average molecular weight is 412 g/mol. The molecule has 1 fully saturated rings. The molecule has 1 unspecified atom stereocenters. The number of nitrogens with one attached hydrogen (secondary N) is 1. The predicted molar refractivity (Wildman–Crippen MR) is 98.0 cm³/mol. The quantitative estimate of drug-likeness (QED) is 0.832. The van der Waals surface area contributed by atoms with Gasteiger partial charge in [-0.05, 0) is 43.2 Å². The fourth-order valence-corrected chi connectivity index (χ4v) is 4.68. The number of amides is 1. The van der Waals surface area contributed by atoms with Crippen LogP contribution in [-0.2, 0) is 21.0 Å². The minimum Gasteiger partial charge on any atom is -0.326 e. The van der Waals surface area contributed by atoms with Crippen molar-refractivity contribution in [1.82, 2.24) is 4.31 Å². The number of carbonyl (C=O) groups is 1. The molecular weight excluding hydrogens is 393 g/mol.